The van der Waals surface area contributed by atoms with Crippen molar-refractivity contribution in [2.75, 3.05) is 5.32 Å². The Morgan fingerprint density at radius 3 is 2.58 bits per heavy atom. The Hall–Kier alpha value is -2.15. The van der Waals surface area contributed by atoms with Crippen molar-refractivity contribution in [3.8, 4) is 5.69 Å². The van der Waals surface area contributed by atoms with E-state index in [0.717, 1.165) is 27.1 Å². The predicted octanol–water partition coefficient (Wildman–Crippen LogP) is 4.60. The molecule has 0 bridgehead atoms. The molecule has 0 fully saturated rings. The highest BCUT2D eigenvalue weighted by atomic mass is 127. The van der Waals surface area contributed by atoms with Crippen LogP contribution in [-0.4, -0.2) is 15.7 Å². The number of aromatic nitrogens is 2. The number of nitrogens with one attached hydrogen (secondary N) is 1. The van der Waals surface area contributed by atoms with Gasteiger partial charge in [0.15, 0.2) is 0 Å². The fourth-order valence-electron chi connectivity index (χ4n) is 2.62. The van der Waals surface area contributed by atoms with Gasteiger partial charge in [-0.1, -0.05) is 25.1 Å². The van der Waals surface area contributed by atoms with Crippen molar-refractivity contribution in [2.24, 2.45) is 0 Å². The molecule has 1 N–H and O–H groups in total. The summed E-state index contributed by atoms with van der Waals surface area (Å²) in [7, 11) is 0. The van der Waals surface area contributed by atoms with Gasteiger partial charge >= 0.3 is 0 Å². The number of benzene rings is 2. The molecular weight excluding hydrogens is 413 g/mol. The van der Waals surface area contributed by atoms with Gasteiger partial charge in [-0.05, 0) is 71.8 Å². The number of para-hydroxylation sites is 1. The van der Waals surface area contributed by atoms with Gasteiger partial charge in [-0.2, -0.15) is 5.10 Å². The van der Waals surface area contributed by atoms with Crippen LogP contribution in [0.4, 0.5) is 5.69 Å². The van der Waals surface area contributed by atoms with Crippen LogP contribution in [0.5, 0.6) is 0 Å². The largest absolute Gasteiger partial charge is 0.322 e. The molecule has 0 radical (unpaired) electrons. The average molecular weight is 431 g/mol. The van der Waals surface area contributed by atoms with Crippen LogP contribution >= 0.6 is 22.6 Å². The van der Waals surface area contributed by atoms with Gasteiger partial charge in [0.1, 0.15) is 0 Å². The number of halogens is 1. The van der Waals surface area contributed by atoms with Gasteiger partial charge in [0.25, 0.3) is 5.91 Å². The topological polar surface area (TPSA) is 46.9 Å². The smallest absolute Gasteiger partial charge is 0.259 e. The minimum atomic E-state index is -0.145. The summed E-state index contributed by atoms with van der Waals surface area (Å²) >= 11 is 2.24. The first-order chi connectivity index (χ1) is 11.6. The molecule has 1 amide bonds. The second-order valence-electron chi connectivity index (χ2n) is 5.50. The van der Waals surface area contributed by atoms with Gasteiger partial charge in [-0.25, -0.2) is 4.68 Å². The number of hydrogen-bond donors (Lipinski definition) is 1. The number of carbonyl (C=O) groups is 1. The molecule has 0 saturated heterocycles. The van der Waals surface area contributed by atoms with Gasteiger partial charge in [0, 0.05) is 9.26 Å². The molecule has 3 aromatic rings. The molecule has 0 saturated carbocycles. The monoisotopic (exact) mass is 431 g/mol. The zero-order chi connectivity index (χ0) is 17.1. The lowest BCUT2D eigenvalue weighted by molar-refractivity contribution is 0.102. The maximum Gasteiger partial charge on any atom is 0.259 e. The van der Waals surface area contributed by atoms with Gasteiger partial charge in [0.2, 0.25) is 0 Å². The number of carbonyl (C=O) groups excluding carboxylic acids is 1. The number of anilines is 1. The van der Waals surface area contributed by atoms with E-state index in [1.807, 2.05) is 54.1 Å². The van der Waals surface area contributed by atoms with E-state index in [0.29, 0.717) is 5.56 Å². The lowest BCUT2D eigenvalue weighted by atomic mass is 10.1. The first kappa shape index (κ1) is 16.7. The van der Waals surface area contributed by atoms with Gasteiger partial charge < -0.3 is 5.32 Å². The minimum Gasteiger partial charge on any atom is -0.322 e. The Balaban J connectivity index is 1.89. The van der Waals surface area contributed by atoms with Crippen molar-refractivity contribution in [1.29, 1.82) is 0 Å². The van der Waals surface area contributed by atoms with E-state index in [2.05, 4.69) is 46.0 Å². The Labute approximate surface area is 155 Å². The lowest BCUT2D eigenvalue weighted by Gasteiger charge is -2.10. The summed E-state index contributed by atoms with van der Waals surface area (Å²) < 4.78 is 2.97. The SMILES string of the molecule is CCc1ccccc1-n1ncc(C(=O)Nc2ccc(I)cc2)c1C. The van der Waals surface area contributed by atoms with E-state index in [1.165, 1.54) is 5.56 Å². The van der Waals surface area contributed by atoms with E-state index in [9.17, 15) is 4.79 Å². The highest BCUT2D eigenvalue weighted by Gasteiger charge is 2.16. The van der Waals surface area contributed by atoms with Gasteiger partial charge in [-0.3, -0.25) is 4.79 Å². The third-order valence-corrected chi connectivity index (χ3v) is 4.68. The van der Waals surface area contributed by atoms with Crippen molar-refractivity contribution in [3.05, 3.63) is 75.1 Å². The molecule has 0 atom stereocenters. The third kappa shape index (κ3) is 3.36. The van der Waals surface area contributed by atoms with E-state index in [4.69, 9.17) is 0 Å². The maximum absolute atomic E-state index is 12.6. The fourth-order valence-corrected chi connectivity index (χ4v) is 2.98. The predicted molar refractivity (Wildman–Crippen MR) is 105 cm³/mol. The molecule has 5 heteroatoms. The molecule has 2 aromatic carbocycles. The van der Waals surface area contributed by atoms with Gasteiger partial charge in [0.05, 0.1) is 23.1 Å². The summed E-state index contributed by atoms with van der Waals surface area (Å²) in [5, 5.41) is 7.35. The van der Waals surface area contributed by atoms with Crippen LogP contribution in [0, 0.1) is 10.5 Å². The lowest BCUT2D eigenvalue weighted by Crippen LogP contribution is -2.13. The Morgan fingerprint density at radius 1 is 1.17 bits per heavy atom. The quantitative estimate of drug-likeness (QED) is 0.614. The number of amides is 1. The van der Waals surface area contributed by atoms with Crippen LogP contribution in [-0.2, 0) is 6.42 Å². The molecule has 1 heterocycles. The highest BCUT2D eigenvalue weighted by Crippen LogP contribution is 2.20. The molecule has 122 valence electrons. The van der Waals surface area contributed by atoms with Gasteiger partial charge in [-0.15, -0.1) is 0 Å². The van der Waals surface area contributed by atoms with Crippen LogP contribution in [0.25, 0.3) is 5.69 Å². The first-order valence-corrected chi connectivity index (χ1v) is 8.88. The Kier molecular flexibility index (Phi) is 4.99. The molecule has 3 rings (SSSR count). The summed E-state index contributed by atoms with van der Waals surface area (Å²) in [6.45, 7) is 4.03. The van der Waals surface area contributed by atoms with Crippen molar-refractivity contribution in [1.82, 2.24) is 9.78 Å². The molecule has 0 aliphatic carbocycles. The fraction of sp³-hybridized carbons (Fsp3) is 0.158. The molecule has 0 aliphatic heterocycles. The Morgan fingerprint density at radius 2 is 1.88 bits per heavy atom. The summed E-state index contributed by atoms with van der Waals surface area (Å²) in [4.78, 5) is 12.6. The molecule has 0 aliphatic rings. The molecule has 1 aromatic heterocycles. The average Bonchev–Trinajstić information content (AvgIpc) is 2.98. The zero-order valence-electron chi connectivity index (χ0n) is 13.6. The van der Waals surface area contributed by atoms with Crippen LogP contribution in [0.1, 0.15) is 28.5 Å². The molecular formula is C19H18IN3O. The number of nitrogens with zero attached hydrogens (tertiary/aromatic N) is 2. The van der Waals surface area contributed by atoms with E-state index >= 15 is 0 Å². The molecule has 0 spiro atoms. The van der Waals surface area contributed by atoms with Crippen LogP contribution in [0.15, 0.2) is 54.7 Å². The molecule has 24 heavy (non-hydrogen) atoms. The minimum absolute atomic E-state index is 0.145. The normalized spacial score (nSPS) is 10.6. The number of aryl methyl sites for hydroxylation is 1. The zero-order valence-corrected chi connectivity index (χ0v) is 15.7. The number of rotatable bonds is 4. The van der Waals surface area contributed by atoms with Crippen molar-refractivity contribution in [3.63, 3.8) is 0 Å². The molecule has 0 unspecified atom stereocenters. The second kappa shape index (κ2) is 7.17. The van der Waals surface area contributed by atoms with E-state index in [-0.39, 0.29) is 5.91 Å². The van der Waals surface area contributed by atoms with Crippen molar-refractivity contribution < 1.29 is 4.79 Å². The second-order valence-corrected chi connectivity index (χ2v) is 6.74. The summed E-state index contributed by atoms with van der Waals surface area (Å²) in [5.74, 6) is -0.145. The van der Waals surface area contributed by atoms with E-state index < -0.39 is 0 Å². The Bertz CT molecular complexity index is 869. The van der Waals surface area contributed by atoms with Crippen LogP contribution in [0.3, 0.4) is 0 Å². The van der Waals surface area contributed by atoms with Crippen molar-refractivity contribution >= 4 is 34.2 Å². The number of hydrogen-bond acceptors (Lipinski definition) is 2. The van der Waals surface area contributed by atoms with Crippen LogP contribution in [0.2, 0.25) is 0 Å². The standard InChI is InChI=1S/C19H18IN3O/c1-3-14-6-4-5-7-18(14)23-13(2)17(12-21-23)19(24)22-16-10-8-15(20)9-11-16/h4-12H,3H2,1-2H3,(H,22,24). The van der Waals surface area contributed by atoms with Crippen molar-refractivity contribution in [2.45, 2.75) is 20.3 Å². The van der Waals surface area contributed by atoms with E-state index in [1.54, 1.807) is 6.20 Å². The highest BCUT2D eigenvalue weighted by molar-refractivity contribution is 14.1. The van der Waals surface area contributed by atoms with Crippen LogP contribution < -0.4 is 5.32 Å². The summed E-state index contributed by atoms with van der Waals surface area (Å²) in [6.07, 6.45) is 2.55. The summed E-state index contributed by atoms with van der Waals surface area (Å²) in [5.41, 5.74) is 4.42. The molecule has 4 nitrogen and oxygen atoms in total. The summed E-state index contributed by atoms with van der Waals surface area (Å²) in [6, 6.07) is 15.8. The first-order valence-electron chi connectivity index (χ1n) is 7.80. The third-order valence-electron chi connectivity index (χ3n) is 3.96. The maximum atomic E-state index is 12.6.